The van der Waals surface area contributed by atoms with Crippen LogP contribution >= 0.6 is 0 Å². The van der Waals surface area contributed by atoms with Crippen LogP contribution in [0.25, 0.3) is 0 Å². The van der Waals surface area contributed by atoms with E-state index >= 15 is 4.39 Å². The van der Waals surface area contributed by atoms with E-state index in [0.717, 1.165) is 0 Å². The summed E-state index contributed by atoms with van der Waals surface area (Å²) < 4.78 is 34.9. The molecule has 0 aromatic heterocycles. The number of hydrogen-bond acceptors (Lipinski definition) is 7. The molecule has 34 heavy (non-hydrogen) atoms. The van der Waals surface area contributed by atoms with Gasteiger partial charge in [0.25, 0.3) is 0 Å². The number of esters is 1. The minimum atomic E-state index is -2.01. The van der Waals surface area contributed by atoms with E-state index < -0.39 is 64.4 Å². The normalized spacial score (nSPS) is 48.3. The number of allylic oxidation sites excluding steroid dienone is 4. The number of hydrogen-bond donors (Lipinski definition) is 1. The molecule has 1 heterocycles. The summed E-state index contributed by atoms with van der Waals surface area (Å²) in [7, 11) is 0. The number of carbonyl (C=O) groups is 3. The van der Waals surface area contributed by atoms with Gasteiger partial charge in [-0.25, -0.2) is 4.39 Å². The molecule has 4 aliphatic carbocycles. The Morgan fingerprint density at radius 3 is 2.62 bits per heavy atom. The zero-order valence-electron chi connectivity index (χ0n) is 20.4. The van der Waals surface area contributed by atoms with Crippen molar-refractivity contribution in [3.05, 3.63) is 23.8 Å². The van der Waals surface area contributed by atoms with Gasteiger partial charge in [0.15, 0.2) is 29.4 Å². The molecule has 8 heteroatoms. The molecule has 7 nitrogen and oxygen atoms in total. The molecule has 0 amide bonds. The Morgan fingerprint density at radius 2 is 1.94 bits per heavy atom. The van der Waals surface area contributed by atoms with E-state index in [1.807, 2.05) is 6.92 Å². The fourth-order valence-corrected chi connectivity index (χ4v) is 8.08. The molecule has 0 spiro atoms. The number of Topliss-reactive ketones (excluding diaryl/α,β-unsaturated/α-hetero) is 1. The number of aliphatic hydroxyl groups is 1. The van der Waals surface area contributed by atoms with Crippen molar-refractivity contribution >= 4 is 17.5 Å². The maximum absolute atomic E-state index is 17.3. The molecule has 0 bridgehead atoms. The zero-order chi connectivity index (χ0) is 24.9. The second-order valence-electron chi connectivity index (χ2n) is 11.5. The molecule has 5 aliphatic rings. The molecule has 1 saturated heterocycles. The molecule has 4 fully saturated rings. The molecule has 0 aromatic carbocycles. The highest BCUT2D eigenvalue weighted by molar-refractivity contribution is 6.01. The minimum absolute atomic E-state index is 0.0168. The first-order valence-electron chi connectivity index (χ1n) is 12.1. The van der Waals surface area contributed by atoms with Crippen LogP contribution in [-0.2, 0) is 28.6 Å². The van der Waals surface area contributed by atoms with Crippen LogP contribution in [0.1, 0.15) is 60.3 Å². The molecular formula is C26H33FO7. The summed E-state index contributed by atoms with van der Waals surface area (Å²) in [6, 6.07) is 0. The Hall–Kier alpha value is -1.90. The third-order valence-electron chi connectivity index (χ3n) is 9.45. The first-order valence-corrected chi connectivity index (χ1v) is 12.1. The van der Waals surface area contributed by atoms with Gasteiger partial charge < -0.3 is 19.3 Å². The number of fused-ring (bicyclic) bond motifs is 7. The van der Waals surface area contributed by atoms with E-state index in [9.17, 15) is 19.5 Å². The lowest BCUT2D eigenvalue weighted by atomic mass is 9.44. The number of ether oxygens (including phenoxy) is 3. The van der Waals surface area contributed by atoms with Gasteiger partial charge in [-0.2, -0.15) is 0 Å². The van der Waals surface area contributed by atoms with Gasteiger partial charge in [-0.05, 0) is 64.5 Å². The third kappa shape index (κ3) is 2.76. The van der Waals surface area contributed by atoms with Crippen LogP contribution in [0, 0.1) is 22.7 Å². The maximum atomic E-state index is 17.3. The van der Waals surface area contributed by atoms with Crippen molar-refractivity contribution in [3.8, 4) is 0 Å². The molecular weight excluding hydrogens is 443 g/mol. The number of aliphatic hydroxyl groups excluding tert-OH is 1. The lowest BCUT2D eigenvalue weighted by Crippen LogP contribution is -2.70. The lowest BCUT2D eigenvalue weighted by Gasteiger charge is -2.62. The van der Waals surface area contributed by atoms with Gasteiger partial charge in [0.1, 0.15) is 0 Å². The minimum Gasteiger partial charge on any atom is -0.458 e. The summed E-state index contributed by atoms with van der Waals surface area (Å²) >= 11 is 0. The molecule has 0 aromatic rings. The van der Waals surface area contributed by atoms with Crippen LogP contribution in [-0.4, -0.2) is 58.5 Å². The quantitative estimate of drug-likeness (QED) is 0.625. The monoisotopic (exact) mass is 476 g/mol. The van der Waals surface area contributed by atoms with Crippen molar-refractivity contribution < 1.29 is 38.1 Å². The predicted octanol–water partition coefficient (Wildman–Crippen LogP) is 2.99. The molecule has 0 radical (unpaired) electrons. The second-order valence-corrected chi connectivity index (χ2v) is 11.5. The van der Waals surface area contributed by atoms with Gasteiger partial charge in [-0.15, -0.1) is 0 Å². The number of ketones is 2. The maximum Gasteiger partial charge on any atom is 0.303 e. The van der Waals surface area contributed by atoms with Crippen molar-refractivity contribution in [1.29, 1.82) is 0 Å². The average molecular weight is 477 g/mol. The molecule has 186 valence electrons. The molecule has 1 N–H and O–H groups in total. The Bertz CT molecular complexity index is 1030. The van der Waals surface area contributed by atoms with Crippen LogP contribution < -0.4 is 0 Å². The zero-order valence-corrected chi connectivity index (χ0v) is 20.4. The lowest BCUT2D eigenvalue weighted by molar-refractivity contribution is -0.246. The van der Waals surface area contributed by atoms with Gasteiger partial charge in [0.2, 0.25) is 5.78 Å². The summed E-state index contributed by atoms with van der Waals surface area (Å²) in [5.41, 5.74) is -4.82. The fourth-order valence-electron chi connectivity index (χ4n) is 8.08. The van der Waals surface area contributed by atoms with E-state index in [1.165, 1.54) is 19.1 Å². The van der Waals surface area contributed by atoms with Crippen molar-refractivity contribution in [1.82, 2.24) is 0 Å². The van der Waals surface area contributed by atoms with Gasteiger partial charge in [-0.3, -0.25) is 14.4 Å². The third-order valence-corrected chi connectivity index (χ3v) is 9.45. The van der Waals surface area contributed by atoms with E-state index in [-0.39, 0.29) is 18.1 Å². The number of halogens is 1. The van der Waals surface area contributed by atoms with Crippen LogP contribution in [0.15, 0.2) is 23.8 Å². The fraction of sp³-hybridized carbons (Fsp3) is 0.731. The molecule has 1 aliphatic heterocycles. The number of carbonyl (C=O) groups excluding carboxylic acids is 3. The SMILES string of the molecule is CC(=O)OCC(=O)[C@]12OC(C)(C)O[C@@H]1C[C@H]1[C@@H]3CCC4=CC(=O)C=C[C@]4(C)[C@@]3(F)[C@@H](O)C[C@@]12C. The highest BCUT2D eigenvalue weighted by Crippen LogP contribution is 2.72. The van der Waals surface area contributed by atoms with Gasteiger partial charge in [0.05, 0.1) is 12.2 Å². The topological polar surface area (TPSA) is 99.1 Å². The Labute approximate surface area is 198 Å². The largest absolute Gasteiger partial charge is 0.458 e. The Balaban J connectivity index is 1.60. The second kappa shape index (κ2) is 7.08. The summed E-state index contributed by atoms with van der Waals surface area (Å²) in [6.45, 7) is 7.86. The standard InChI is InChI=1S/C26H33FO7/c1-14(28)32-13-20(31)26-21(33-22(2,3)34-26)11-18-17-7-6-15-10-16(29)8-9-23(15,4)25(17,27)19(30)12-24(18,26)5/h8-10,17-19,21,30H,6-7,11-13H2,1-5H3/t17-,18-,19-,21+,23-,24-,25-,26-/m0/s1. The van der Waals surface area contributed by atoms with E-state index in [2.05, 4.69) is 0 Å². The van der Waals surface area contributed by atoms with Crippen LogP contribution in [0.3, 0.4) is 0 Å². The summed E-state index contributed by atoms with van der Waals surface area (Å²) in [6.07, 6.45) is 3.81. The first-order chi connectivity index (χ1) is 15.7. The molecule has 5 rings (SSSR count). The van der Waals surface area contributed by atoms with Crippen LogP contribution in [0.4, 0.5) is 4.39 Å². The van der Waals surface area contributed by atoms with Gasteiger partial charge in [0, 0.05) is 23.7 Å². The Kier molecular flexibility index (Phi) is 4.96. The predicted molar refractivity (Wildman–Crippen MR) is 118 cm³/mol. The van der Waals surface area contributed by atoms with E-state index in [0.29, 0.717) is 24.8 Å². The van der Waals surface area contributed by atoms with Crippen LogP contribution in [0.2, 0.25) is 0 Å². The van der Waals surface area contributed by atoms with Gasteiger partial charge >= 0.3 is 5.97 Å². The van der Waals surface area contributed by atoms with E-state index in [1.54, 1.807) is 26.8 Å². The summed E-state index contributed by atoms with van der Waals surface area (Å²) in [4.78, 5) is 37.1. The first kappa shape index (κ1) is 23.8. The van der Waals surface area contributed by atoms with Crippen molar-refractivity contribution in [2.24, 2.45) is 22.7 Å². The average Bonchev–Trinajstić information content (AvgIpc) is 3.14. The molecule has 0 unspecified atom stereocenters. The van der Waals surface area contributed by atoms with Crippen molar-refractivity contribution in [2.45, 2.75) is 89.6 Å². The highest BCUT2D eigenvalue weighted by Gasteiger charge is 2.80. The molecule has 3 saturated carbocycles. The Morgan fingerprint density at radius 1 is 1.24 bits per heavy atom. The number of alkyl halides is 1. The highest BCUT2D eigenvalue weighted by atomic mass is 19.1. The van der Waals surface area contributed by atoms with Gasteiger partial charge in [-0.1, -0.05) is 18.6 Å². The summed E-state index contributed by atoms with van der Waals surface area (Å²) in [5.74, 6) is -3.11. The molecule has 8 atom stereocenters. The summed E-state index contributed by atoms with van der Waals surface area (Å²) in [5, 5.41) is 11.5. The smallest absolute Gasteiger partial charge is 0.303 e. The van der Waals surface area contributed by atoms with Crippen LogP contribution in [0.5, 0.6) is 0 Å². The van der Waals surface area contributed by atoms with E-state index in [4.69, 9.17) is 14.2 Å². The number of rotatable bonds is 3. The van der Waals surface area contributed by atoms with Crippen molar-refractivity contribution in [3.63, 3.8) is 0 Å². The van der Waals surface area contributed by atoms with Crippen molar-refractivity contribution in [2.75, 3.05) is 6.61 Å².